The second-order valence-electron chi connectivity index (χ2n) is 5.58. The van der Waals surface area contributed by atoms with Gasteiger partial charge in [-0.1, -0.05) is 13.8 Å². The number of piperidine rings is 1. The van der Waals surface area contributed by atoms with Gasteiger partial charge in [-0.05, 0) is 43.9 Å². The maximum Gasteiger partial charge on any atom is 0.0562 e. The maximum atomic E-state index is 4.44. The smallest absolute Gasteiger partial charge is 0.0562 e. The summed E-state index contributed by atoms with van der Waals surface area (Å²) in [5.41, 5.74) is 2.49. The van der Waals surface area contributed by atoms with Gasteiger partial charge < -0.3 is 10.2 Å². The van der Waals surface area contributed by atoms with Crippen molar-refractivity contribution in [3.05, 3.63) is 24.0 Å². The first-order chi connectivity index (χ1) is 8.75. The summed E-state index contributed by atoms with van der Waals surface area (Å²) < 4.78 is 0. The van der Waals surface area contributed by atoms with Crippen molar-refractivity contribution in [3.8, 4) is 0 Å². The molecule has 0 atom stereocenters. The van der Waals surface area contributed by atoms with Crippen LogP contribution in [-0.4, -0.2) is 24.6 Å². The van der Waals surface area contributed by atoms with Crippen molar-refractivity contribution in [2.45, 2.75) is 39.7 Å². The molecule has 0 spiro atoms. The van der Waals surface area contributed by atoms with Gasteiger partial charge in [-0.3, -0.25) is 4.98 Å². The molecule has 2 rings (SSSR count). The summed E-state index contributed by atoms with van der Waals surface area (Å²) in [4.78, 5) is 6.93. The molecule has 0 aliphatic carbocycles. The highest BCUT2D eigenvalue weighted by molar-refractivity contribution is 5.46. The molecule has 1 fully saturated rings. The SMILES string of the molecule is CC(C)CNCc1cc(N2CCCCC2)ccn1. The van der Waals surface area contributed by atoms with Gasteiger partial charge in [-0.15, -0.1) is 0 Å². The number of rotatable bonds is 5. The quantitative estimate of drug-likeness (QED) is 0.867. The van der Waals surface area contributed by atoms with E-state index in [1.165, 1.54) is 38.0 Å². The second-order valence-corrected chi connectivity index (χ2v) is 5.58. The molecule has 1 aromatic rings. The average molecular weight is 247 g/mol. The van der Waals surface area contributed by atoms with Gasteiger partial charge in [0.2, 0.25) is 0 Å². The number of hydrogen-bond donors (Lipinski definition) is 1. The van der Waals surface area contributed by atoms with Crippen molar-refractivity contribution < 1.29 is 0 Å². The molecule has 0 aromatic carbocycles. The van der Waals surface area contributed by atoms with Crippen LogP contribution in [0.25, 0.3) is 0 Å². The van der Waals surface area contributed by atoms with Crippen molar-refractivity contribution in [3.63, 3.8) is 0 Å². The molecule has 0 saturated carbocycles. The molecule has 1 aliphatic rings. The monoisotopic (exact) mass is 247 g/mol. The first kappa shape index (κ1) is 13.3. The van der Waals surface area contributed by atoms with Gasteiger partial charge >= 0.3 is 0 Å². The zero-order chi connectivity index (χ0) is 12.8. The van der Waals surface area contributed by atoms with Gasteiger partial charge in [0.1, 0.15) is 0 Å². The Kier molecular flexibility index (Phi) is 5.00. The Morgan fingerprint density at radius 2 is 2.06 bits per heavy atom. The maximum absolute atomic E-state index is 4.44. The van der Waals surface area contributed by atoms with E-state index in [1.807, 2.05) is 6.20 Å². The number of anilines is 1. The molecule has 1 aliphatic heterocycles. The van der Waals surface area contributed by atoms with Gasteiger partial charge in [0, 0.05) is 31.5 Å². The van der Waals surface area contributed by atoms with Gasteiger partial charge in [0.15, 0.2) is 0 Å². The van der Waals surface area contributed by atoms with Crippen LogP contribution in [0.15, 0.2) is 18.3 Å². The molecule has 3 heteroatoms. The number of pyridine rings is 1. The van der Waals surface area contributed by atoms with E-state index in [0.717, 1.165) is 18.8 Å². The van der Waals surface area contributed by atoms with Gasteiger partial charge in [-0.2, -0.15) is 0 Å². The van der Waals surface area contributed by atoms with E-state index in [0.29, 0.717) is 5.92 Å². The van der Waals surface area contributed by atoms with Crippen LogP contribution in [0.5, 0.6) is 0 Å². The van der Waals surface area contributed by atoms with Gasteiger partial charge in [0.05, 0.1) is 5.69 Å². The highest BCUT2D eigenvalue weighted by Gasteiger charge is 2.11. The Hall–Kier alpha value is -1.09. The van der Waals surface area contributed by atoms with Crippen LogP contribution >= 0.6 is 0 Å². The lowest BCUT2D eigenvalue weighted by molar-refractivity contribution is 0.547. The lowest BCUT2D eigenvalue weighted by Gasteiger charge is -2.29. The molecule has 1 saturated heterocycles. The molecule has 18 heavy (non-hydrogen) atoms. The molecule has 2 heterocycles. The van der Waals surface area contributed by atoms with E-state index in [4.69, 9.17) is 0 Å². The minimum absolute atomic E-state index is 0.690. The average Bonchev–Trinajstić information content (AvgIpc) is 2.40. The number of nitrogens with one attached hydrogen (secondary N) is 1. The molecule has 3 nitrogen and oxygen atoms in total. The predicted octanol–water partition coefficient (Wildman–Crippen LogP) is 2.82. The van der Waals surface area contributed by atoms with Crippen molar-refractivity contribution in [1.29, 1.82) is 0 Å². The fourth-order valence-electron chi connectivity index (χ4n) is 2.40. The van der Waals surface area contributed by atoms with Crippen LogP contribution < -0.4 is 10.2 Å². The largest absolute Gasteiger partial charge is 0.371 e. The fourth-order valence-corrected chi connectivity index (χ4v) is 2.40. The molecule has 100 valence electrons. The van der Waals surface area contributed by atoms with E-state index in [1.54, 1.807) is 0 Å². The van der Waals surface area contributed by atoms with Crippen LogP contribution in [0.2, 0.25) is 0 Å². The summed E-state index contributed by atoms with van der Waals surface area (Å²) in [5.74, 6) is 0.690. The van der Waals surface area contributed by atoms with E-state index in [2.05, 4.69) is 41.2 Å². The summed E-state index contributed by atoms with van der Waals surface area (Å²) in [6.07, 6.45) is 5.97. The third kappa shape index (κ3) is 3.98. The standard InChI is InChI=1S/C15H25N3/c1-13(2)11-16-12-14-10-15(6-7-17-14)18-8-4-3-5-9-18/h6-7,10,13,16H,3-5,8-9,11-12H2,1-2H3. The minimum Gasteiger partial charge on any atom is -0.371 e. The lowest BCUT2D eigenvalue weighted by Crippen LogP contribution is -2.29. The summed E-state index contributed by atoms with van der Waals surface area (Å²) in [7, 11) is 0. The van der Waals surface area contributed by atoms with Crippen LogP contribution in [0, 0.1) is 5.92 Å². The molecule has 0 unspecified atom stereocenters. The molecular weight excluding hydrogens is 222 g/mol. The highest BCUT2D eigenvalue weighted by Crippen LogP contribution is 2.19. The molecule has 1 aromatic heterocycles. The second kappa shape index (κ2) is 6.74. The molecule has 0 amide bonds. The molecule has 0 bridgehead atoms. The van der Waals surface area contributed by atoms with Gasteiger partial charge in [-0.25, -0.2) is 0 Å². The number of aromatic nitrogens is 1. The summed E-state index contributed by atoms with van der Waals surface area (Å²) in [6, 6.07) is 4.37. The highest BCUT2D eigenvalue weighted by atomic mass is 15.1. The number of hydrogen-bond acceptors (Lipinski definition) is 3. The van der Waals surface area contributed by atoms with E-state index in [9.17, 15) is 0 Å². The Bertz CT molecular complexity index is 357. The topological polar surface area (TPSA) is 28.2 Å². The van der Waals surface area contributed by atoms with E-state index >= 15 is 0 Å². The zero-order valence-electron chi connectivity index (χ0n) is 11.7. The summed E-state index contributed by atoms with van der Waals surface area (Å²) in [5, 5.41) is 3.45. The van der Waals surface area contributed by atoms with Crippen LogP contribution in [0.1, 0.15) is 38.8 Å². The van der Waals surface area contributed by atoms with Crippen molar-refractivity contribution in [2.24, 2.45) is 5.92 Å². The van der Waals surface area contributed by atoms with E-state index < -0.39 is 0 Å². The van der Waals surface area contributed by atoms with Crippen LogP contribution in [0.3, 0.4) is 0 Å². The zero-order valence-corrected chi connectivity index (χ0v) is 11.7. The summed E-state index contributed by atoms with van der Waals surface area (Å²) in [6.45, 7) is 8.77. The molecule has 0 radical (unpaired) electrons. The van der Waals surface area contributed by atoms with E-state index in [-0.39, 0.29) is 0 Å². The lowest BCUT2D eigenvalue weighted by atomic mass is 10.1. The van der Waals surface area contributed by atoms with Crippen molar-refractivity contribution >= 4 is 5.69 Å². The Morgan fingerprint density at radius 3 is 2.78 bits per heavy atom. The number of nitrogens with zero attached hydrogens (tertiary/aromatic N) is 2. The minimum atomic E-state index is 0.690. The predicted molar refractivity (Wildman–Crippen MR) is 76.8 cm³/mol. The Morgan fingerprint density at radius 1 is 1.28 bits per heavy atom. The van der Waals surface area contributed by atoms with Crippen molar-refractivity contribution in [2.75, 3.05) is 24.5 Å². The Labute approximate surface area is 111 Å². The van der Waals surface area contributed by atoms with Gasteiger partial charge in [0.25, 0.3) is 0 Å². The third-order valence-electron chi connectivity index (χ3n) is 3.38. The molecular formula is C15H25N3. The summed E-state index contributed by atoms with van der Waals surface area (Å²) >= 11 is 0. The first-order valence-electron chi connectivity index (χ1n) is 7.16. The van der Waals surface area contributed by atoms with Crippen molar-refractivity contribution in [1.82, 2.24) is 10.3 Å². The van der Waals surface area contributed by atoms with Crippen LogP contribution in [-0.2, 0) is 6.54 Å². The molecule has 1 N–H and O–H groups in total. The fraction of sp³-hybridized carbons (Fsp3) is 0.667. The normalized spacial score (nSPS) is 16.3. The Balaban J connectivity index is 1.91. The third-order valence-corrected chi connectivity index (χ3v) is 3.38. The van der Waals surface area contributed by atoms with Crippen LogP contribution in [0.4, 0.5) is 5.69 Å². The first-order valence-corrected chi connectivity index (χ1v) is 7.16.